The highest BCUT2D eigenvalue weighted by atomic mass is 16.5. The fourth-order valence-electron chi connectivity index (χ4n) is 5.26. The summed E-state index contributed by atoms with van der Waals surface area (Å²) in [5.74, 6) is 2.92. The van der Waals surface area contributed by atoms with Crippen LogP contribution in [0.3, 0.4) is 0 Å². The van der Waals surface area contributed by atoms with Gasteiger partial charge in [0.15, 0.2) is 5.82 Å². The van der Waals surface area contributed by atoms with E-state index in [0.717, 1.165) is 59.9 Å². The maximum atomic E-state index is 13.3. The molecule has 1 saturated heterocycles. The monoisotopic (exact) mass is 488 g/mol. The summed E-state index contributed by atoms with van der Waals surface area (Å²) in [7, 11) is 5.52. The third-order valence-electron chi connectivity index (χ3n) is 7.33. The van der Waals surface area contributed by atoms with E-state index < -0.39 is 0 Å². The van der Waals surface area contributed by atoms with Gasteiger partial charge in [-0.1, -0.05) is 0 Å². The van der Waals surface area contributed by atoms with Gasteiger partial charge in [0.05, 0.1) is 30.6 Å². The first kappa shape index (κ1) is 22.8. The molecule has 1 aliphatic carbocycles. The first-order valence-electron chi connectivity index (χ1n) is 12.6. The zero-order valence-corrected chi connectivity index (χ0v) is 21.0. The average molecular weight is 489 g/mol. The van der Waals surface area contributed by atoms with E-state index in [-0.39, 0.29) is 11.9 Å². The summed E-state index contributed by atoms with van der Waals surface area (Å²) in [5, 5.41) is 4.34. The van der Waals surface area contributed by atoms with Crippen molar-refractivity contribution in [3.63, 3.8) is 0 Å². The minimum atomic E-state index is -0.0322. The molecule has 1 saturated carbocycles. The van der Waals surface area contributed by atoms with E-state index >= 15 is 0 Å². The highest BCUT2D eigenvalue weighted by molar-refractivity contribution is 6.00. The van der Waals surface area contributed by atoms with E-state index in [1.807, 2.05) is 54.3 Å². The molecule has 6 rings (SSSR count). The fraction of sp³-hybridized carbons (Fsp3) is 0.462. The molecule has 1 aromatic carbocycles. The molecule has 3 aromatic heterocycles. The highest BCUT2D eigenvalue weighted by Crippen LogP contribution is 2.37. The molecule has 2 N–H and O–H groups in total. The number of likely N-dealkylation sites (tertiary alicyclic amines) is 1. The number of amides is 1. The van der Waals surface area contributed by atoms with Gasteiger partial charge >= 0.3 is 0 Å². The third kappa shape index (κ3) is 3.95. The number of nitrogens with two attached hydrogens (primary N) is 1. The van der Waals surface area contributed by atoms with Crippen LogP contribution in [0.4, 0.5) is 0 Å². The highest BCUT2D eigenvalue weighted by Gasteiger charge is 2.28. The van der Waals surface area contributed by atoms with Crippen LogP contribution in [-0.2, 0) is 20.6 Å². The lowest BCUT2D eigenvalue weighted by molar-refractivity contribution is 0.0708. The standard InChI is InChI=1S/C26H32N8O2/c1-31-14-18(11-29-31)24-28-12-21(34(24)13-16-6-7-16)25-30-20-9-17(10-22(36-3)23(20)32(25)2)26(35)33-8-4-5-19(27)15-33/h9-12,14,16,19H,4-8,13,15,27H2,1-3H3/t19-/m1/s1. The van der Waals surface area contributed by atoms with E-state index in [0.29, 0.717) is 23.8 Å². The van der Waals surface area contributed by atoms with Gasteiger partial charge in [0.25, 0.3) is 5.91 Å². The van der Waals surface area contributed by atoms with E-state index in [2.05, 4.69) is 9.67 Å². The minimum absolute atomic E-state index is 0.0237. The molecule has 0 unspecified atom stereocenters. The Hall–Kier alpha value is -3.66. The molecule has 2 aliphatic rings. The van der Waals surface area contributed by atoms with Gasteiger partial charge < -0.3 is 24.5 Å². The number of rotatable bonds is 6. The number of hydrogen-bond donors (Lipinski definition) is 1. The predicted octanol–water partition coefficient (Wildman–Crippen LogP) is 2.82. The Balaban J connectivity index is 1.44. The summed E-state index contributed by atoms with van der Waals surface area (Å²) in [5.41, 5.74) is 10.2. The molecular formula is C26H32N8O2. The lowest BCUT2D eigenvalue weighted by Gasteiger charge is -2.30. The molecule has 0 spiro atoms. The Morgan fingerprint density at radius 2 is 2.00 bits per heavy atom. The van der Waals surface area contributed by atoms with E-state index in [1.165, 1.54) is 12.8 Å². The minimum Gasteiger partial charge on any atom is -0.494 e. The number of imidazole rings is 2. The number of fused-ring (bicyclic) bond motifs is 1. The number of carbonyl (C=O) groups is 1. The van der Waals surface area contributed by atoms with Crippen LogP contribution in [-0.4, -0.2) is 65.9 Å². The van der Waals surface area contributed by atoms with Gasteiger partial charge in [0.1, 0.15) is 22.8 Å². The number of nitrogens with zero attached hydrogens (tertiary/aromatic N) is 7. The number of hydrogen-bond acceptors (Lipinski definition) is 6. The smallest absolute Gasteiger partial charge is 0.254 e. The molecule has 0 bridgehead atoms. The second-order valence-electron chi connectivity index (χ2n) is 10.1. The predicted molar refractivity (Wildman–Crippen MR) is 137 cm³/mol. The normalized spacial score (nSPS) is 18.2. The number of carbonyl (C=O) groups excluding carboxylic acids is 1. The van der Waals surface area contributed by atoms with Crippen molar-refractivity contribution in [2.45, 2.75) is 38.3 Å². The number of methoxy groups -OCH3 is 1. The van der Waals surface area contributed by atoms with Crippen molar-refractivity contribution in [2.75, 3.05) is 20.2 Å². The summed E-state index contributed by atoms with van der Waals surface area (Å²) in [4.78, 5) is 24.9. The van der Waals surface area contributed by atoms with Gasteiger partial charge in [0.2, 0.25) is 0 Å². The summed E-state index contributed by atoms with van der Waals surface area (Å²) in [6.07, 6.45) is 10.0. The van der Waals surface area contributed by atoms with E-state index in [1.54, 1.807) is 11.8 Å². The van der Waals surface area contributed by atoms with Crippen molar-refractivity contribution in [3.8, 4) is 28.7 Å². The number of benzene rings is 1. The van der Waals surface area contributed by atoms with Crippen molar-refractivity contribution in [1.29, 1.82) is 0 Å². The molecule has 4 aromatic rings. The number of aryl methyl sites for hydroxylation is 2. The van der Waals surface area contributed by atoms with Gasteiger partial charge in [-0.2, -0.15) is 5.10 Å². The van der Waals surface area contributed by atoms with Crippen LogP contribution in [0.25, 0.3) is 33.9 Å². The molecule has 36 heavy (non-hydrogen) atoms. The van der Waals surface area contributed by atoms with Gasteiger partial charge in [-0.05, 0) is 43.7 Å². The Bertz CT molecular complexity index is 1440. The zero-order chi connectivity index (χ0) is 25.0. The van der Waals surface area contributed by atoms with Crippen molar-refractivity contribution >= 4 is 16.9 Å². The second-order valence-corrected chi connectivity index (χ2v) is 10.1. The molecule has 188 valence electrons. The number of aromatic nitrogens is 6. The molecule has 1 atom stereocenters. The molecular weight excluding hydrogens is 456 g/mol. The van der Waals surface area contributed by atoms with Crippen molar-refractivity contribution in [2.24, 2.45) is 25.7 Å². The van der Waals surface area contributed by atoms with Crippen molar-refractivity contribution < 1.29 is 9.53 Å². The molecule has 4 heterocycles. The van der Waals surface area contributed by atoms with Crippen LogP contribution in [0.1, 0.15) is 36.0 Å². The molecule has 10 heteroatoms. The Labute approximate surface area is 209 Å². The van der Waals surface area contributed by atoms with Gasteiger partial charge in [-0.25, -0.2) is 9.97 Å². The maximum absolute atomic E-state index is 13.3. The maximum Gasteiger partial charge on any atom is 0.254 e. The SMILES string of the molecule is COc1cc(C(=O)N2CCC[C@@H](N)C2)cc2nc(-c3cnc(-c4cnn(C)c4)n3CC3CC3)n(C)c12. The first-order valence-corrected chi connectivity index (χ1v) is 12.6. The molecule has 1 aliphatic heterocycles. The van der Waals surface area contributed by atoms with Crippen molar-refractivity contribution in [3.05, 3.63) is 36.3 Å². The molecule has 10 nitrogen and oxygen atoms in total. The van der Waals surface area contributed by atoms with Crippen LogP contribution >= 0.6 is 0 Å². The summed E-state index contributed by atoms with van der Waals surface area (Å²) in [6, 6.07) is 3.71. The Kier molecular flexibility index (Phi) is 5.55. The quantitative estimate of drug-likeness (QED) is 0.447. The summed E-state index contributed by atoms with van der Waals surface area (Å²) >= 11 is 0. The van der Waals surface area contributed by atoms with Gasteiger partial charge in [0, 0.05) is 51.5 Å². The van der Waals surface area contributed by atoms with E-state index in [9.17, 15) is 4.79 Å². The summed E-state index contributed by atoms with van der Waals surface area (Å²) in [6.45, 7) is 2.18. The molecule has 0 radical (unpaired) electrons. The first-order chi connectivity index (χ1) is 17.4. The average Bonchev–Trinajstić information content (AvgIpc) is 3.28. The topological polar surface area (TPSA) is 109 Å². The fourth-order valence-corrected chi connectivity index (χ4v) is 5.26. The lowest BCUT2D eigenvalue weighted by Crippen LogP contribution is -2.45. The summed E-state index contributed by atoms with van der Waals surface area (Å²) < 4.78 is 11.8. The van der Waals surface area contributed by atoms with Crippen LogP contribution in [0.2, 0.25) is 0 Å². The molecule has 1 amide bonds. The van der Waals surface area contributed by atoms with Crippen LogP contribution < -0.4 is 10.5 Å². The second kappa shape index (κ2) is 8.77. The Morgan fingerprint density at radius 1 is 1.17 bits per heavy atom. The largest absolute Gasteiger partial charge is 0.494 e. The van der Waals surface area contributed by atoms with Crippen LogP contribution in [0.5, 0.6) is 5.75 Å². The Morgan fingerprint density at radius 3 is 2.69 bits per heavy atom. The van der Waals surface area contributed by atoms with E-state index in [4.69, 9.17) is 20.4 Å². The van der Waals surface area contributed by atoms with Gasteiger partial charge in [-0.3, -0.25) is 9.48 Å². The van der Waals surface area contributed by atoms with Crippen LogP contribution in [0.15, 0.2) is 30.7 Å². The van der Waals surface area contributed by atoms with Crippen molar-refractivity contribution in [1.82, 2.24) is 33.8 Å². The molecule has 2 fully saturated rings. The van der Waals surface area contributed by atoms with Crippen LogP contribution in [0, 0.1) is 5.92 Å². The third-order valence-corrected chi connectivity index (χ3v) is 7.33. The zero-order valence-electron chi connectivity index (χ0n) is 21.0. The number of piperidine rings is 1. The van der Waals surface area contributed by atoms with Gasteiger partial charge in [-0.15, -0.1) is 0 Å². The number of ether oxygens (including phenoxy) is 1. The lowest BCUT2D eigenvalue weighted by atomic mass is 10.0.